The number of hydrogen-bond donors (Lipinski definition) is 0. The van der Waals surface area contributed by atoms with Crippen LogP contribution in [-0.4, -0.2) is 23.1 Å². The Hall–Kier alpha value is -12.2. The molecular formula is C98H68B2Li2N3O3. The molecule has 21 rings (SSSR count). The Labute approximate surface area is 656 Å². The average molecular weight is 1370 g/mol. The molecule has 0 aliphatic rings. The first-order chi connectivity index (χ1) is 51.9. The van der Waals surface area contributed by atoms with Crippen LogP contribution in [0.15, 0.2) is 361 Å². The zero-order valence-electron chi connectivity index (χ0n) is 61.7. The fourth-order valence-electron chi connectivity index (χ4n) is 15.9. The molecule has 0 saturated heterocycles. The number of hydrogen-bond acceptors (Lipinski definition) is 6. The molecular weight excluding hydrogens is 1300 g/mol. The fourth-order valence-corrected chi connectivity index (χ4v) is 15.9. The van der Waals surface area contributed by atoms with Gasteiger partial charge in [0, 0.05) is 66.7 Å². The van der Waals surface area contributed by atoms with Gasteiger partial charge in [-0.25, -0.2) is 0 Å². The number of aryl methyl sites for hydroxylation is 2. The van der Waals surface area contributed by atoms with Crippen molar-refractivity contribution >= 4 is 181 Å². The number of nitrogens with zero attached hydrogens (tertiary/aromatic N) is 3. The number of furan rings is 2. The van der Waals surface area contributed by atoms with Crippen molar-refractivity contribution in [2.75, 3.05) is 9.80 Å². The molecule has 0 fully saturated rings. The van der Waals surface area contributed by atoms with E-state index < -0.39 is 0 Å². The third kappa shape index (κ3) is 12.4. The predicted octanol–water partition coefficient (Wildman–Crippen LogP) is 20.3. The maximum absolute atomic E-state index is 11.1. The molecule has 5 radical (unpaired) electrons. The van der Waals surface area contributed by atoms with Gasteiger partial charge in [-0.15, -0.1) is 0 Å². The largest absolute Gasteiger partial charge is 1.00 e. The third-order valence-electron chi connectivity index (χ3n) is 20.6. The van der Waals surface area contributed by atoms with E-state index in [4.69, 9.17) is 10.2 Å². The Kier molecular flexibility index (Phi) is 20.0. The van der Waals surface area contributed by atoms with E-state index in [9.17, 15) is 5.11 Å². The van der Waals surface area contributed by atoms with Gasteiger partial charge >= 0.3 is 37.7 Å². The molecule has 3 aromatic heterocycles. The Balaban J connectivity index is 0.000000164. The first-order valence-electron chi connectivity index (χ1n) is 35.6. The standard InChI is InChI=1S/C54H36N2O2.C34H22.C9H7NO.CH3.BH.B.2Li/c1-33-12-9-14-37(32-33)55(47-20-10-17-40-38-15-4-7-22-49(38)57-53(40)47)45-30-26-35-25-29-43-46(31-27-36-24-28-42(45)51(35)52(36)43)56(44-19-6-3-13-34(44)2)48-21-11-18-41-39-16-5-8-23-50(39)58-54(41)48;1-2-12-25-22-26(21-20-23(25)10-1)33-29-15-5-7-17-31(29)34(32-18-8-6-16-30(32)33)28-19-9-13-24-11-3-4-14-27(24)28;11-8-5-1-3-7-4-2-6-10-9(7)8;;;;;/h3-32H,1-2H3;1-22H;1-6,11H;1H3;1H;;;/q;;;-1;;;2*+1/p-1/i;;;;1D;;;. The van der Waals surface area contributed by atoms with E-state index in [0.29, 0.717) is 5.52 Å². The molecule has 0 amide bonds. The average Bonchev–Trinajstić information content (AvgIpc) is 1.07. The molecule has 0 aliphatic heterocycles. The molecule has 0 spiro atoms. The maximum atomic E-state index is 11.1. The number of benzene rings is 18. The zero-order valence-corrected chi connectivity index (χ0v) is 60.7. The van der Waals surface area contributed by atoms with Crippen LogP contribution in [0.5, 0.6) is 5.75 Å². The second-order valence-corrected chi connectivity index (χ2v) is 26.7. The summed E-state index contributed by atoms with van der Waals surface area (Å²) in [6.07, 6.45) is 1.63. The van der Waals surface area contributed by atoms with Gasteiger partial charge in [0.25, 0.3) is 0 Å². The van der Waals surface area contributed by atoms with E-state index in [1.54, 1.807) is 12.3 Å². The molecule has 18 aromatic carbocycles. The Morgan fingerprint density at radius 3 is 1.39 bits per heavy atom. The summed E-state index contributed by atoms with van der Waals surface area (Å²) in [6.45, 7) is 4.34. The van der Waals surface area contributed by atoms with E-state index >= 15 is 0 Å². The summed E-state index contributed by atoms with van der Waals surface area (Å²) in [5.41, 5.74) is 18.0. The van der Waals surface area contributed by atoms with Crippen molar-refractivity contribution in [2.24, 2.45) is 0 Å². The van der Waals surface area contributed by atoms with Gasteiger partial charge in [-0.3, -0.25) is 4.98 Å². The summed E-state index contributed by atoms with van der Waals surface area (Å²) >= 11 is 0. The smallest absolute Gasteiger partial charge is 0.871 e. The summed E-state index contributed by atoms with van der Waals surface area (Å²) in [5, 5.41) is 33.9. The molecule has 501 valence electrons. The second kappa shape index (κ2) is 30.3. The van der Waals surface area contributed by atoms with Crippen LogP contribution in [-0.2, 0) is 0 Å². The maximum Gasteiger partial charge on any atom is 1.00 e. The Bertz CT molecular complexity index is 6870. The van der Waals surface area contributed by atoms with Crippen LogP contribution in [0.2, 0.25) is 0 Å². The summed E-state index contributed by atoms with van der Waals surface area (Å²) in [4.78, 5) is 8.75. The molecule has 6 nitrogen and oxygen atoms in total. The van der Waals surface area contributed by atoms with Crippen LogP contribution in [0.1, 0.15) is 11.1 Å². The Morgan fingerprint density at radius 2 is 0.778 bits per heavy atom. The number of fused-ring (bicyclic) bond motifs is 11. The molecule has 0 unspecified atom stereocenters. The molecule has 0 bridgehead atoms. The van der Waals surface area contributed by atoms with Gasteiger partial charge in [0.05, 0.1) is 28.3 Å². The summed E-state index contributed by atoms with van der Waals surface area (Å²) in [6, 6.07) is 123. The fraction of sp³-hybridized carbons (Fsp3) is 0.0204. The summed E-state index contributed by atoms with van der Waals surface area (Å²) in [5.74, 6) is -0.0110. The summed E-state index contributed by atoms with van der Waals surface area (Å²) in [7, 11) is 3.75. The molecule has 10 heteroatoms. The van der Waals surface area contributed by atoms with E-state index in [0.717, 1.165) is 83.4 Å². The quantitative estimate of drug-likeness (QED) is 0.0654. The molecule has 3 heterocycles. The molecule has 0 aliphatic carbocycles. The second-order valence-electron chi connectivity index (χ2n) is 26.7. The van der Waals surface area contributed by atoms with Gasteiger partial charge in [0.15, 0.2) is 11.2 Å². The SMILES string of the molecule is Cc1cccc(N(c2ccc3ccc4c(N(c5ccccc5C)c5cccc6c5oc5ccccc56)ccc5ccc2c3c54)c2cccc3c2oc2ccccc23)c1.[2H][B].[B].[CH3-].[Li+].[Li+].[O-]c1cccc2cccnc12.c1ccc2cc(-c3c4ccccc4c(-c4cccc5ccccc45)c4ccccc34)ccc2c1. The molecule has 108 heavy (non-hydrogen) atoms. The van der Waals surface area contributed by atoms with Crippen LogP contribution >= 0.6 is 0 Å². The molecule has 21 aromatic rings. The van der Waals surface area contributed by atoms with E-state index in [-0.39, 0.29) is 59.3 Å². The van der Waals surface area contributed by atoms with Crippen LogP contribution in [0, 0.1) is 21.3 Å². The van der Waals surface area contributed by atoms with Gasteiger partial charge < -0.3 is 31.2 Å². The first-order valence-corrected chi connectivity index (χ1v) is 35.0. The van der Waals surface area contributed by atoms with E-state index in [2.05, 4.69) is 340 Å². The van der Waals surface area contributed by atoms with Crippen molar-refractivity contribution in [1.29, 1.82) is 1.34 Å². The van der Waals surface area contributed by atoms with E-state index in [1.807, 2.05) is 30.3 Å². The van der Waals surface area contributed by atoms with Crippen molar-refractivity contribution in [3.63, 3.8) is 0 Å². The Morgan fingerprint density at radius 1 is 0.333 bits per heavy atom. The van der Waals surface area contributed by atoms with Gasteiger partial charge in [0.1, 0.15) is 11.2 Å². The van der Waals surface area contributed by atoms with Crippen molar-refractivity contribution in [1.82, 2.24) is 4.98 Å². The molecule has 0 atom stereocenters. The number of para-hydroxylation sites is 6. The topological polar surface area (TPSA) is 68.7 Å². The van der Waals surface area contributed by atoms with Crippen LogP contribution < -0.4 is 52.6 Å². The van der Waals surface area contributed by atoms with Gasteiger partial charge in [-0.05, 0) is 185 Å². The minimum Gasteiger partial charge on any atom is -0.871 e. The van der Waals surface area contributed by atoms with Crippen molar-refractivity contribution < 1.29 is 51.7 Å². The van der Waals surface area contributed by atoms with Gasteiger partial charge in [-0.2, -0.15) is 0 Å². The van der Waals surface area contributed by atoms with Crippen LogP contribution in [0.25, 0.3) is 152 Å². The van der Waals surface area contributed by atoms with Crippen molar-refractivity contribution in [3.05, 3.63) is 371 Å². The minimum atomic E-state index is -0.0110. The molecule has 0 saturated carbocycles. The van der Waals surface area contributed by atoms with E-state index in [1.165, 1.54) is 115 Å². The normalized spacial score (nSPS) is 11.1. The first kappa shape index (κ1) is 71.4. The number of anilines is 6. The molecule has 0 N–H and O–H groups in total. The van der Waals surface area contributed by atoms with Crippen LogP contribution in [0.3, 0.4) is 0 Å². The number of aromatic nitrogens is 1. The number of pyridine rings is 1. The van der Waals surface area contributed by atoms with Gasteiger partial charge in [-0.1, -0.05) is 285 Å². The zero-order chi connectivity index (χ0) is 70.7. The predicted molar refractivity (Wildman–Crippen MR) is 451 cm³/mol. The number of rotatable bonds is 8. The van der Waals surface area contributed by atoms with Crippen molar-refractivity contribution in [3.8, 4) is 28.0 Å². The monoisotopic (exact) mass is 1370 g/mol. The van der Waals surface area contributed by atoms with Crippen molar-refractivity contribution in [2.45, 2.75) is 13.8 Å². The minimum absolute atomic E-state index is 0. The van der Waals surface area contributed by atoms with Gasteiger partial charge in [0.2, 0.25) is 0 Å². The summed E-state index contributed by atoms with van der Waals surface area (Å²) < 4.78 is 18.6. The van der Waals surface area contributed by atoms with Crippen LogP contribution in [0.4, 0.5) is 34.1 Å². The third-order valence-corrected chi connectivity index (χ3v) is 20.6.